The van der Waals surface area contributed by atoms with Crippen molar-refractivity contribution >= 4 is 5.97 Å². The highest BCUT2D eigenvalue weighted by atomic mass is 19.1. The number of hydrogen-bond acceptors (Lipinski definition) is 3. The smallest absolute Gasteiger partial charge is 0.323 e. The van der Waals surface area contributed by atoms with Gasteiger partial charge in [-0.1, -0.05) is 12.1 Å². The van der Waals surface area contributed by atoms with E-state index < -0.39 is 11.9 Å². The fourth-order valence-corrected chi connectivity index (χ4v) is 1.32. The third-order valence-corrected chi connectivity index (χ3v) is 2.06. The van der Waals surface area contributed by atoms with E-state index in [0.717, 1.165) is 0 Å². The summed E-state index contributed by atoms with van der Waals surface area (Å²) in [5.74, 6) is -1.81. The number of halogens is 1. The predicted molar refractivity (Wildman–Crippen MR) is 55.8 cm³/mol. The summed E-state index contributed by atoms with van der Waals surface area (Å²) < 4.78 is 17.6. The van der Waals surface area contributed by atoms with E-state index in [2.05, 4.69) is 0 Å². The highest BCUT2D eigenvalue weighted by molar-refractivity contribution is 5.75. The second-order valence-corrected chi connectivity index (χ2v) is 3.27. The first-order valence-electron chi connectivity index (χ1n) is 4.98. The summed E-state index contributed by atoms with van der Waals surface area (Å²) >= 11 is 0. The molecule has 4 heteroatoms. The van der Waals surface area contributed by atoms with E-state index in [1.54, 1.807) is 19.1 Å². The van der Waals surface area contributed by atoms with Crippen LogP contribution >= 0.6 is 0 Å². The van der Waals surface area contributed by atoms with E-state index in [4.69, 9.17) is 10.00 Å². The topological polar surface area (TPSA) is 50.1 Å². The van der Waals surface area contributed by atoms with Crippen LogP contribution < -0.4 is 0 Å². The molecule has 84 valence electrons. The predicted octanol–water partition coefficient (Wildman–Crippen LogP) is 2.07. The lowest BCUT2D eigenvalue weighted by atomic mass is 10.0. The van der Waals surface area contributed by atoms with Crippen molar-refractivity contribution in [1.82, 2.24) is 0 Å². The quantitative estimate of drug-likeness (QED) is 0.731. The number of esters is 1. The molecule has 0 amide bonds. The maximum absolute atomic E-state index is 12.9. The van der Waals surface area contributed by atoms with Crippen molar-refractivity contribution < 1.29 is 13.9 Å². The molecule has 0 aromatic heterocycles. The first-order valence-corrected chi connectivity index (χ1v) is 4.98. The van der Waals surface area contributed by atoms with Crippen LogP contribution in [0, 0.1) is 23.1 Å². The van der Waals surface area contributed by atoms with Gasteiger partial charge >= 0.3 is 5.97 Å². The summed E-state index contributed by atoms with van der Waals surface area (Å²) in [6.45, 7) is 1.91. The van der Waals surface area contributed by atoms with E-state index in [0.29, 0.717) is 5.56 Å². The molecule has 1 aromatic rings. The Kier molecular flexibility index (Phi) is 4.46. The van der Waals surface area contributed by atoms with Crippen LogP contribution in [-0.4, -0.2) is 12.6 Å². The van der Waals surface area contributed by atoms with Gasteiger partial charge in [-0.3, -0.25) is 4.79 Å². The zero-order chi connectivity index (χ0) is 12.0. The largest absolute Gasteiger partial charge is 0.465 e. The minimum atomic E-state index is -0.873. The number of ether oxygens (including phenoxy) is 1. The monoisotopic (exact) mass is 221 g/mol. The van der Waals surface area contributed by atoms with Crippen molar-refractivity contribution in [3.05, 3.63) is 35.6 Å². The van der Waals surface area contributed by atoms with Gasteiger partial charge in [-0.2, -0.15) is 5.26 Å². The van der Waals surface area contributed by atoms with Crippen LogP contribution in [-0.2, 0) is 16.0 Å². The fourth-order valence-electron chi connectivity index (χ4n) is 1.32. The molecule has 0 aliphatic carbocycles. The Morgan fingerprint density at radius 1 is 1.62 bits per heavy atom. The molecule has 0 saturated heterocycles. The first kappa shape index (κ1) is 12.2. The van der Waals surface area contributed by atoms with Crippen LogP contribution in [0.1, 0.15) is 12.5 Å². The molecule has 1 rings (SSSR count). The zero-order valence-electron chi connectivity index (χ0n) is 8.94. The summed E-state index contributed by atoms with van der Waals surface area (Å²) in [4.78, 5) is 11.3. The lowest BCUT2D eigenvalue weighted by Crippen LogP contribution is -2.18. The van der Waals surface area contributed by atoms with Crippen molar-refractivity contribution in [2.75, 3.05) is 6.61 Å². The SMILES string of the molecule is CCOC(=O)[C@H](C#N)Cc1cccc(F)c1. The van der Waals surface area contributed by atoms with Crippen LogP contribution in [0.5, 0.6) is 0 Å². The second-order valence-electron chi connectivity index (χ2n) is 3.27. The first-order chi connectivity index (χ1) is 7.67. The Morgan fingerprint density at radius 2 is 2.38 bits per heavy atom. The Morgan fingerprint density at radius 3 is 2.94 bits per heavy atom. The molecule has 0 aliphatic rings. The molecule has 0 bridgehead atoms. The van der Waals surface area contributed by atoms with Crippen LogP contribution in [0.4, 0.5) is 4.39 Å². The molecule has 0 unspecified atom stereocenters. The molecule has 3 nitrogen and oxygen atoms in total. The summed E-state index contributed by atoms with van der Waals surface area (Å²) in [5.41, 5.74) is 0.611. The summed E-state index contributed by atoms with van der Waals surface area (Å²) in [5, 5.41) is 8.81. The van der Waals surface area contributed by atoms with Crippen molar-refractivity contribution in [2.24, 2.45) is 5.92 Å². The molecule has 1 aromatic carbocycles. The van der Waals surface area contributed by atoms with Crippen LogP contribution in [0.3, 0.4) is 0 Å². The van der Waals surface area contributed by atoms with Crippen molar-refractivity contribution in [1.29, 1.82) is 5.26 Å². The van der Waals surface area contributed by atoms with Crippen LogP contribution in [0.2, 0.25) is 0 Å². The van der Waals surface area contributed by atoms with E-state index in [-0.39, 0.29) is 18.8 Å². The summed E-state index contributed by atoms with van der Waals surface area (Å²) in [6, 6.07) is 7.70. The minimum absolute atomic E-state index is 0.174. The minimum Gasteiger partial charge on any atom is -0.465 e. The Bertz CT molecular complexity index is 412. The van der Waals surface area contributed by atoms with Gasteiger partial charge in [-0.05, 0) is 31.0 Å². The van der Waals surface area contributed by atoms with Gasteiger partial charge in [0.2, 0.25) is 0 Å². The van der Waals surface area contributed by atoms with Gasteiger partial charge in [0.25, 0.3) is 0 Å². The maximum atomic E-state index is 12.9. The lowest BCUT2D eigenvalue weighted by molar-refractivity contribution is -0.145. The highest BCUT2D eigenvalue weighted by Gasteiger charge is 2.19. The second kappa shape index (κ2) is 5.86. The van der Waals surface area contributed by atoms with Crippen LogP contribution in [0.25, 0.3) is 0 Å². The molecule has 1 atom stereocenters. The Balaban J connectivity index is 2.71. The zero-order valence-corrected chi connectivity index (χ0v) is 8.94. The molecular formula is C12H12FNO2. The van der Waals surface area contributed by atoms with Crippen molar-refractivity contribution in [2.45, 2.75) is 13.3 Å². The number of nitrogens with zero attached hydrogens (tertiary/aromatic N) is 1. The van der Waals surface area contributed by atoms with E-state index in [1.165, 1.54) is 12.1 Å². The van der Waals surface area contributed by atoms with E-state index in [9.17, 15) is 9.18 Å². The molecule has 0 fully saturated rings. The van der Waals surface area contributed by atoms with Crippen LogP contribution in [0.15, 0.2) is 24.3 Å². The highest BCUT2D eigenvalue weighted by Crippen LogP contribution is 2.11. The lowest BCUT2D eigenvalue weighted by Gasteiger charge is -2.08. The number of hydrogen-bond donors (Lipinski definition) is 0. The van der Waals surface area contributed by atoms with Gasteiger partial charge in [0, 0.05) is 0 Å². The number of rotatable bonds is 4. The van der Waals surface area contributed by atoms with Crippen molar-refractivity contribution in [3.63, 3.8) is 0 Å². The molecular weight excluding hydrogens is 209 g/mol. The third kappa shape index (κ3) is 3.35. The average molecular weight is 221 g/mol. The number of benzene rings is 1. The Hall–Kier alpha value is -1.89. The fraction of sp³-hybridized carbons (Fsp3) is 0.333. The summed E-state index contributed by atoms with van der Waals surface area (Å²) in [6.07, 6.45) is 0.174. The molecule has 0 saturated carbocycles. The number of carbonyl (C=O) groups excluding carboxylic acids is 1. The van der Waals surface area contributed by atoms with Gasteiger partial charge in [0.15, 0.2) is 0 Å². The van der Waals surface area contributed by atoms with E-state index in [1.807, 2.05) is 6.07 Å². The van der Waals surface area contributed by atoms with Gasteiger partial charge in [-0.25, -0.2) is 4.39 Å². The normalized spacial score (nSPS) is 11.6. The molecule has 0 N–H and O–H groups in total. The van der Waals surface area contributed by atoms with Gasteiger partial charge < -0.3 is 4.74 Å². The molecule has 0 heterocycles. The van der Waals surface area contributed by atoms with Gasteiger partial charge in [0.05, 0.1) is 12.7 Å². The molecule has 0 radical (unpaired) electrons. The standard InChI is InChI=1S/C12H12FNO2/c1-2-16-12(15)10(8-14)6-9-4-3-5-11(13)7-9/h3-5,7,10H,2,6H2,1H3/t10-/m0/s1. The summed E-state index contributed by atoms with van der Waals surface area (Å²) in [7, 11) is 0. The molecule has 0 spiro atoms. The van der Waals surface area contributed by atoms with Crippen molar-refractivity contribution in [3.8, 4) is 6.07 Å². The molecule has 0 aliphatic heterocycles. The van der Waals surface area contributed by atoms with E-state index >= 15 is 0 Å². The number of nitriles is 1. The number of carbonyl (C=O) groups is 1. The average Bonchev–Trinajstić information content (AvgIpc) is 2.26. The maximum Gasteiger partial charge on any atom is 0.323 e. The molecule has 16 heavy (non-hydrogen) atoms. The third-order valence-electron chi connectivity index (χ3n) is 2.06. The van der Waals surface area contributed by atoms with Gasteiger partial charge in [0.1, 0.15) is 11.7 Å². The Labute approximate surface area is 93.5 Å². The van der Waals surface area contributed by atoms with Gasteiger partial charge in [-0.15, -0.1) is 0 Å².